The lowest BCUT2D eigenvalue weighted by molar-refractivity contribution is 0.0466. The average Bonchev–Trinajstić information content (AvgIpc) is 2.65. The van der Waals surface area contributed by atoms with E-state index in [-0.39, 0.29) is 23.6 Å². The molecule has 0 aliphatic carbocycles. The molecule has 132 valence electrons. The first kappa shape index (κ1) is 18.9. The molecule has 1 aromatic heterocycles. The van der Waals surface area contributed by atoms with Crippen LogP contribution < -0.4 is 5.56 Å². The van der Waals surface area contributed by atoms with E-state index in [1.54, 1.807) is 23.9 Å². The van der Waals surface area contributed by atoms with Crippen molar-refractivity contribution in [2.24, 2.45) is 0 Å². The van der Waals surface area contributed by atoms with E-state index in [1.807, 2.05) is 25.3 Å². The molecule has 0 atom stereocenters. The molecule has 2 aromatic rings. The van der Waals surface area contributed by atoms with Crippen LogP contribution >= 0.6 is 11.8 Å². The highest BCUT2D eigenvalue weighted by Crippen LogP contribution is 2.15. The Bertz CT molecular complexity index is 799. The van der Waals surface area contributed by atoms with E-state index >= 15 is 0 Å². The quantitative estimate of drug-likeness (QED) is 0.409. The summed E-state index contributed by atoms with van der Waals surface area (Å²) in [5.74, 6) is -1.01. The number of carbonyl (C=O) groups is 2. The number of ether oxygens (including phenoxy) is 1. The molecule has 0 radical (unpaired) electrons. The van der Waals surface area contributed by atoms with Crippen LogP contribution in [0.15, 0.2) is 46.1 Å². The van der Waals surface area contributed by atoms with E-state index < -0.39 is 5.97 Å². The Kier molecular flexibility index (Phi) is 6.94. The fraction of sp³-hybridized carbons (Fsp3) is 0.333. The van der Waals surface area contributed by atoms with Crippen LogP contribution in [0.25, 0.3) is 0 Å². The maximum atomic E-state index is 12.1. The minimum absolute atomic E-state index is 0.0150. The van der Waals surface area contributed by atoms with Gasteiger partial charge in [-0.2, -0.15) is 5.10 Å². The lowest BCUT2D eigenvalue weighted by Gasteiger charge is -2.07. The highest BCUT2D eigenvalue weighted by molar-refractivity contribution is 7.98. The smallest absolute Gasteiger partial charge is 0.359 e. The van der Waals surface area contributed by atoms with Crippen LogP contribution in [0, 0.1) is 0 Å². The van der Waals surface area contributed by atoms with E-state index in [0.717, 1.165) is 17.7 Å². The number of carbonyl (C=O) groups excluding carboxylic acids is 2. The number of ketones is 1. The number of aryl methyl sites for hydroxylation is 1. The predicted octanol–water partition coefficient (Wildman–Crippen LogP) is 2.81. The van der Waals surface area contributed by atoms with Crippen LogP contribution in [0.2, 0.25) is 0 Å². The van der Waals surface area contributed by atoms with Crippen molar-refractivity contribution in [2.75, 3.05) is 12.9 Å². The number of aromatic nitrogens is 2. The van der Waals surface area contributed by atoms with Gasteiger partial charge < -0.3 is 4.74 Å². The molecule has 1 aromatic carbocycles. The summed E-state index contributed by atoms with van der Waals surface area (Å²) >= 11 is 1.58. The van der Waals surface area contributed by atoms with Crippen LogP contribution in [0.4, 0.5) is 0 Å². The summed E-state index contributed by atoms with van der Waals surface area (Å²) in [6.45, 7) is 2.07. The van der Waals surface area contributed by atoms with Crippen LogP contribution in [0.3, 0.4) is 0 Å². The monoisotopic (exact) mass is 360 g/mol. The number of hydrogen-bond acceptors (Lipinski definition) is 6. The maximum Gasteiger partial charge on any atom is 0.359 e. The van der Waals surface area contributed by atoms with Crippen molar-refractivity contribution in [2.45, 2.75) is 31.2 Å². The number of thioether (sulfide) groups is 1. The summed E-state index contributed by atoms with van der Waals surface area (Å²) in [4.78, 5) is 36.9. The fourth-order valence-electron chi connectivity index (χ4n) is 2.09. The van der Waals surface area contributed by atoms with Crippen molar-refractivity contribution in [1.82, 2.24) is 9.78 Å². The lowest BCUT2D eigenvalue weighted by atomic mass is 10.1. The molecule has 25 heavy (non-hydrogen) atoms. The zero-order valence-corrected chi connectivity index (χ0v) is 15.0. The van der Waals surface area contributed by atoms with Gasteiger partial charge in [0.15, 0.2) is 18.1 Å². The third-order valence-corrected chi connectivity index (χ3v) is 4.29. The Balaban J connectivity index is 1.99. The number of Topliss-reactive ketones (excluding diaryl/α,β-unsaturated/α-hetero) is 1. The van der Waals surface area contributed by atoms with Gasteiger partial charge in [-0.25, -0.2) is 9.48 Å². The zero-order chi connectivity index (χ0) is 18.2. The van der Waals surface area contributed by atoms with Gasteiger partial charge >= 0.3 is 5.97 Å². The number of unbranched alkanes of at least 4 members (excludes halogenated alkanes) is 1. The van der Waals surface area contributed by atoms with Crippen LogP contribution in [0.5, 0.6) is 0 Å². The van der Waals surface area contributed by atoms with Crippen molar-refractivity contribution < 1.29 is 14.3 Å². The highest BCUT2D eigenvalue weighted by Gasteiger charge is 2.14. The molecule has 0 spiro atoms. The van der Waals surface area contributed by atoms with E-state index in [2.05, 4.69) is 5.10 Å². The first-order valence-electron chi connectivity index (χ1n) is 7.97. The first-order valence-corrected chi connectivity index (χ1v) is 9.20. The minimum Gasteiger partial charge on any atom is -0.453 e. The average molecular weight is 360 g/mol. The molecule has 0 saturated heterocycles. The van der Waals surface area contributed by atoms with Gasteiger partial charge in [0.25, 0.3) is 5.56 Å². The van der Waals surface area contributed by atoms with Gasteiger partial charge in [0, 0.05) is 23.1 Å². The Morgan fingerprint density at radius 3 is 2.52 bits per heavy atom. The number of esters is 1. The Labute approximate surface area is 150 Å². The number of nitrogens with zero attached hydrogens (tertiary/aromatic N) is 2. The van der Waals surface area contributed by atoms with E-state index in [9.17, 15) is 14.4 Å². The van der Waals surface area contributed by atoms with Gasteiger partial charge in [-0.05, 0) is 30.9 Å². The molecule has 1 heterocycles. The largest absolute Gasteiger partial charge is 0.453 e. The molecule has 0 aliphatic heterocycles. The molecule has 0 amide bonds. The third kappa shape index (κ3) is 5.29. The lowest BCUT2D eigenvalue weighted by Crippen LogP contribution is -2.25. The molecule has 0 N–H and O–H groups in total. The van der Waals surface area contributed by atoms with Crippen molar-refractivity contribution in [3.8, 4) is 0 Å². The summed E-state index contributed by atoms with van der Waals surface area (Å²) in [5.41, 5.74) is 0.225. The highest BCUT2D eigenvalue weighted by atomic mass is 32.2. The van der Waals surface area contributed by atoms with Crippen LogP contribution in [0.1, 0.15) is 40.6 Å². The second-order valence-electron chi connectivity index (χ2n) is 5.36. The Hall–Kier alpha value is -2.41. The number of hydrogen-bond donors (Lipinski definition) is 0. The summed E-state index contributed by atoms with van der Waals surface area (Å²) in [6.07, 6.45) is 3.65. The number of rotatable bonds is 8. The van der Waals surface area contributed by atoms with Gasteiger partial charge in [0.05, 0.1) is 0 Å². The van der Waals surface area contributed by atoms with Gasteiger partial charge in [0.1, 0.15) is 0 Å². The molecule has 2 rings (SSSR count). The van der Waals surface area contributed by atoms with Gasteiger partial charge in [-0.1, -0.05) is 25.5 Å². The Morgan fingerprint density at radius 1 is 1.16 bits per heavy atom. The zero-order valence-electron chi connectivity index (χ0n) is 14.2. The van der Waals surface area contributed by atoms with E-state index in [0.29, 0.717) is 12.1 Å². The Morgan fingerprint density at radius 2 is 1.88 bits per heavy atom. The fourth-order valence-corrected chi connectivity index (χ4v) is 2.50. The van der Waals surface area contributed by atoms with Gasteiger partial charge in [-0.3, -0.25) is 9.59 Å². The molecule has 0 fully saturated rings. The molecule has 0 unspecified atom stereocenters. The molecule has 6 nitrogen and oxygen atoms in total. The van der Waals surface area contributed by atoms with Crippen LogP contribution in [-0.2, 0) is 11.3 Å². The summed E-state index contributed by atoms with van der Waals surface area (Å²) in [6, 6.07) is 9.67. The topological polar surface area (TPSA) is 78.3 Å². The first-order chi connectivity index (χ1) is 12.0. The molecular formula is C18H20N2O4S. The molecule has 0 bridgehead atoms. The SMILES string of the molecule is CCCCn1nc(C(=O)OCC(=O)c2ccc(SC)cc2)ccc1=O. The molecule has 0 saturated carbocycles. The van der Waals surface area contributed by atoms with Crippen molar-refractivity contribution >= 4 is 23.5 Å². The van der Waals surface area contributed by atoms with E-state index in [4.69, 9.17) is 4.74 Å². The maximum absolute atomic E-state index is 12.1. The normalized spacial score (nSPS) is 10.5. The summed E-state index contributed by atoms with van der Waals surface area (Å²) in [5, 5.41) is 4.00. The molecule has 0 aliphatic rings. The summed E-state index contributed by atoms with van der Waals surface area (Å²) < 4.78 is 6.27. The minimum atomic E-state index is -0.723. The second kappa shape index (κ2) is 9.17. The third-order valence-electron chi connectivity index (χ3n) is 3.55. The molecular weight excluding hydrogens is 340 g/mol. The van der Waals surface area contributed by atoms with E-state index in [1.165, 1.54) is 16.8 Å². The number of benzene rings is 1. The standard InChI is InChI=1S/C18H20N2O4S/c1-3-4-11-20-17(22)10-9-15(19-20)18(23)24-12-16(21)13-5-7-14(25-2)8-6-13/h5-10H,3-4,11-12H2,1-2H3. The molecule has 7 heteroatoms. The van der Waals surface area contributed by atoms with Crippen LogP contribution in [-0.4, -0.2) is 34.4 Å². The second-order valence-corrected chi connectivity index (χ2v) is 6.24. The predicted molar refractivity (Wildman–Crippen MR) is 96.2 cm³/mol. The van der Waals surface area contributed by atoms with Gasteiger partial charge in [0.2, 0.25) is 0 Å². The van der Waals surface area contributed by atoms with Gasteiger partial charge in [-0.15, -0.1) is 11.8 Å². The van der Waals surface area contributed by atoms with Crippen molar-refractivity contribution in [3.63, 3.8) is 0 Å². The van der Waals surface area contributed by atoms with Crippen molar-refractivity contribution in [1.29, 1.82) is 0 Å². The summed E-state index contributed by atoms with van der Waals surface area (Å²) in [7, 11) is 0. The van der Waals surface area contributed by atoms with Crippen molar-refractivity contribution in [3.05, 3.63) is 58.0 Å².